The highest BCUT2D eigenvalue weighted by Crippen LogP contribution is 2.41. The number of furan rings is 1. The van der Waals surface area contributed by atoms with Gasteiger partial charge in [-0.3, -0.25) is 9.59 Å². The van der Waals surface area contributed by atoms with Gasteiger partial charge in [-0.2, -0.15) is 0 Å². The summed E-state index contributed by atoms with van der Waals surface area (Å²) in [6.07, 6.45) is 1.16. The van der Waals surface area contributed by atoms with Crippen LogP contribution in [0.4, 0.5) is 8.78 Å². The zero-order chi connectivity index (χ0) is 25.3. The Balaban J connectivity index is 1.98. The van der Waals surface area contributed by atoms with Gasteiger partial charge in [0.2, 0.25) is 0 Å². The maximum absolute atomic E-state index is 16.2. The van der Waals surface area contributed by atoms with E-state index in [2.05, 4.69) is 0 Å². The zero-order valence-corrected chi connectivity index (χ0v) is 20.1. The molecule has 1 heterocycles. The van der Waals surface area contributed by atoms with Crippen LogP contribution in [-0.2, 0) is 0 Å². The number of rotatable bonds is 8. The zero-order valence-electron chi connectivity index (χ0n) is 20.1. The highest BCUT2D eigenvalue weighted by Gasteiger charge is 2.26. The van der Waals surface area contributed by atoms with Crippen LogP contribution in [0.15, 0.2) is 52.9 Å². The molecule has 4 aromatic rings. The summed E-state index contributed by atoms with van der Waals surface area (Å²) in [5, 5.41) is 0.0744. The number of halogens is 2. The number of fused-ring (bicyclic) bond motifs is 1. The van der Waals surface area contributed by atoms with E-state index in [9.17, 15) is 14.0 Å². The van der Waals surface area contributed by atoms with E-state index in [1.54, 1.807) is 31.2 Å². The number of hydrogen-bond acceptors (Lipinski definition) is 4. The van der Waals surface area contributed by atoms with Gasteiger partial charge in [0, 0.05) is 24.0 Å². The molecule has 0 aliphatic carbocycles. The van der Waals surface area contributed by atoms with Crippen molar-refractivity contribution in [2.45, 2.75) is 40.0 Å². The lowest BCUT2D eigenvalue weighted by molar-refractivity contribution is 0.0974. The molecule has 0 bridgehead atoms. The average molecular weight is 477 g/mol. The van der Waals surface area contributed by atoms with E-state index < -0.39 is 11.6 Å². The van der Waals surface area contributed by atoms with Crippen LogP contribution in [0.3, 0.4) is 0 Å². The molecule has 0 aliphatic heterocycles. The molecule has 0 saturated carbocycles. The highest BCUT2D eigenvalue weighted by molar-refractivity contribution is 6.13. The summed E-state index contributed by atoms with van der Waals surface area (Å²) in [5.41, 5.74) is 2.72. The Bertz CT molecular complexity index is 1430. The van der Waals surface area contributed by atoms with Gasteiger partial charge < -0.3 is 9.15 Å². The normalized spacial score (nSPS) is 11.1. The number of ether oxygens (including phenoxy) is 1. The predicted octanol–water partition coefficient (Wildman–Crippen LogP) is 7.94. The smallest absolute Gasteiger partial charge is 0.167 e. The third kappa shape index (κ3) is 4.36. The van der Waals surface area contributed by atoms with E-state index >= 15 is 4.39 Å². The maximum Gasteiger partial charge on any atom is 0.167 e. The van der Waals surface area contributed by atoms with E-state index in [0.717, 1.165) is 5.56 Å². The average Bonchev–Trinajstić information content (AvgIpc) is 3.25. The highest BCUT2D eigenvalue weighted by atomic mass is 19.1. The molecular formula is C29H26F2O4. The Kier molecular flexibility index (Phi) is 6.83. The number of ketones is 2. The second-order valence-corrected chi connectivity index (χ2v) is 8.43. The van der Waals surface area contributed by atoms with Gasteiger partial charge in [0.1, 0.15) is 28.7 Å². The van der Waals surface area contributed by atoms with Crippen molar-refractivity contribution in [2.75, 3.05) is 7.11 Å². The molecular weight excluding hydrogens is 450 g/mol. The van der Waals surface area contributed by atoms with Crippen molar-refractivity contribution >= 4 is 22.5 Å². The summed E-state index contributed by atoms with van der Waals surface area (Å²) >= 11 is 0. The molecule has 0 fully saturated rings. The number of hydrogen-bond donors (Lipinski definition) is 0. The number of methoxy groups -OCH3 is 1. The topological polar surface area (TPSA) is 56.5 Å². The summed E-state index contributed by atoms with van der Waals surface area (Å²) in [4.78, 5) is 25.7. The molecule has 180 valence electrons. The lowest BCUT2D eigenvalue weighted by Crippen LogP contribution is -2.04. The van der Waals surface area contributed by atoms with Crippen LogP contribution in [0.1, 0.15) is 59.4 Å². The number of carbonyl (C=O) groups is 2. The molecule has 4 nitrogen and oxygen atoms in total. The fraction of sp³-hybridized carbons (Fsp3) is 0.241. The third-order valence-corrected chi connectivity index (χ3v) is 6.11. The molecule has 0 amide bonds. The van der Waals surface area contributed by atoms with E-state index in [1.807, 2.05) is 13.8 Å². The standard InChI is InChI=1S/C29H26F2O4/c1-5-7-23(33)21-15-20(16(3)14-25(21)34-4)19-12-13-24-27(28(19)31)26(22(32)6-2)29(35-24)17-8-10-18(30)11-9-17/h8-15H,5-7H2,1-4H3. The molecule has 0 radical (unpaired) electrons. The Hall–Kier alpha value is -3.80. The number of carbonyl (C=O) groups excluding carboxylic acids is 2. The van der Waals surface area contributed by atoms with Crippen molar-refractivity contribution < 1.29 is 27.5 Å². The molecule has 0 atom stereocenters. The molecule has 0 aliphatic rings. The van der Waals surface area contributed by atoms with Crippen LogP contribution in [-0.4, -0.2) is 18.7 Å². The summed E-state index contributed by atoms with van der Waals surface area (Å²) in [5.74, 6) is -0.771. The molecule has 0 unspecified atom stereocenters. The SMILES string of the molecule is CCCC(=O)c1cc(-c2ccc3oc(-c4ccc(F)cc4)c(C(=O)CC)c3c2F)c(C)cc1OC. The summed E-state index contributed by atoms with van der Waals surface area (Å²) in [6, 6.07) is 12.1. The maximum atomic E-state index is 16.2. The molecule has 0 N–H and O–H groups in total. The van der Waals surface area contributed by atoms with Gasteiger partial charge in [-0.05, 0) is 73.0 Å². The first-order valence-corrected chi connectivity index (χ1v) is 11.6. The van der Waals surface area contributed by atoms with Crippen LogP contribution in [0.5, 0.6) is 5.75 Å². The second-order valence-electron chi connectivity index (χ2n) is 8.43. The largest absolute Gasteiger partial charge is 0.496 e. The minimum absolute atomic E-state index is 0.0744. The van der Waals surface area contributed by atoms with Crippen molar-refractivity contribution in [1.82, 2.24) is 0 Å². The van der Waals surface area contributed by atoms with Crippen molar-refractivity contribution in [1.29, 1.82) is 0 Å². The minimum Gasteiger partial charge on any atom is -0.496 e. The molecule has 0 saturated heterocycles. The van der Waals surface area contributed by atoms with Gasteiger partial charge in [-0.1, -0.05) is 13.8 Å². The van der Waals surface area contributed by atoms with E-state index in [4.69, 9.17) is 9.15 Å². The number of benzene rings is 3. The molecule has 3 aromatic carbocycles. The van der Waals surface area contributed by atoms with Crippen LogP contribution in [0.25, 0.3) is 33.4 Å². The van der Waals surface area contributed by atoms with Gasteiger partial charge >= 0.3 is 0 Å². The minimum atomic E-state index is -0.612. The van der Waals surface area contributed by atoms with Crippen molar-refractivity contribution in [3.05, 3.63) is 76.9 Å². The quantitative estimate of drug-likeness (QED) is 0.242. The van der Waals surface area contributed by atoms with Gasteiger partial charge in [-0.15, -0.1) is 0 Å². The van der Waals surface area contributed by atoms with E-state index in [1.165, 1.54) is 31.4 Å². The lowest BCUT2D eigenvalue weighted by Gasteiger charge is -2.14. The molecule has 1 aromatic heterocycles. The summed E-state index contributed by atoms with van der Waals surface area (Å²) < 4.78 is 41.0. The fourth-order valence-corrected chi connectivity index (χ4v) is 4.33. The number of aryl methyl sites for hydroxylation is 1. The van der Waals surface area contributed by atoms with Gasteiger partial charge in [-0.25, -0.2) is 8.78 Å². The Morgan fingerprint density at radius 3 is 2.29 bits per heavy atom. The summed E-state index contributed by atoms with van der Waals surface area (Å²) in [6.45, 7) is 5.42. The predicted molar refractivity (Wildman–Crippen MR) is 132 cm³/mol. The molecule has 35 heavy (non-hydrogen) atoms. The third-order valence-electron chi connectivity index (χ3n) is 6.11. The van der Waals surface area contributed by atoms with Crippen molar-refractivity contribution in [2.24, 2.45) is 0 Å². The van der Waals surface area contributed by atoms with Gasteiger partial charge in [0.05, 0.1) is 23.6 Å². The lowest BCUT2D eigenvalue weighted by atomic mass is 9.92. The molecule has 0 spiro atoms. The van der Waals surface area contributed by atoms with Gasteiger partial charge in [0.25, 0.3) is 0 Å². The molecule has 4 rings (SSSR count). The fourth-order valence-electron chi connectivity index (χ4n) is 4.33. The molecule has 6 heteroatoms. The van der Waals surface area contributed by atoms with E-state index in [0.29, 0.717) is 35.3 Å². The van der Waals surface area contributed by atoms with Crippen LogP contribution in [0, 0.1) is 18.6 Å². The Labute approximate surface area is 202 Å². The Morgan fingerprint density at radius 1 is 0.943 bits per heavy atom. The number of Topliss-reactive ketones (excluding diaryl/α,β-unsaturated/α-hetero) is 2. The van der Waals surface area contributed by atoms with Crippen LogP contribution in [0.2, 0.25) is 0 Å². The van der Waals surface area contributed by atoms with E-state index in [-0.39, 0.29) is 45.8 Å². The summed E-state index contributed by atoms with van der Waals surface area (Å²) in [7, 11) is 1.49. The first-order valence-electron chi connectivity index (χ1n) is 11.6. The second kappa shape index (κ2) is 9.82. The van der Waals surface area contributed by atoms with Crippen LogP contribution < -0.4 is 4.74 Å². The monoisotopic (exact) mass is 476 g/mol. The van der Waals surface area contributed by atoms with Crippen molar-refractivity contribution in [3.8, 4) is 28.2 Å². The first kappa shape index (κ1) is 24.3. The van der Waals surface area contributed by atoms with Gasteiger partial charge in [0.15, 0.2) is 11.6 Å². The first-order chi connectivity index (χ1) is 16.8. The van der Waals surface area contributed by atoms with Crippen molar-refractivity contribution in [3.63, 3.8) is 0 Å². The Morgan fingerprint density at radius 2 is 1.66 bits per heavy atom. The van der Waals surface area contributed by atoms with Crippen LogP contribution >= 0.6 is 0 Å².